The Morgan fingerprint density at radius 2 is 2.25 bits per heavy atom. The number of carbonyl (C=O) groups excluding carboxylic acids is 3. The van der Waals surface area contributed by atoms with Gasteiger partial charge < -0.3 is 10.6 Å². The maximum atomic E-state index is 11.6. The normalized spacial score (nSPS) is 17.8. The van der Waals surface area contributed by atoms with Gasteiger partial charge in [-0.3, -0.25) is 14.9 Å². The first-order chi connectivity index (χ1) is 9.54. The van der Waals surface area contributed by atoms with E-state index in [1.807, 2.05) is 6.92 Å². The number of hydrogen-bond donors (Lipinski definition) is 3. The van der Waals surface area contributed by atoms with E-state index in [1.54, 1.807) is 0 Å². The van der Waals surface area contributed by atoms with Crippen molar-refractivity contribution in [3.63, 3.8) is 0 Å². The van der Waals surface area contributed by atoms with E-state index in [0.717, 1.165) is 9.35 Å². The quantitative estimate of drug-likeness (QED) is 0.376. The average Bonchev–Trinajstić information content (AvgIpc) is 2.92. The first-order valence-electron chi connectivity index (χ1n) is 5.85. The maximum Gasteiger partial charge on any atom is 0.322 e. The summed E-state index contributed by atoms with van der Waals surface area (Å²) in [5, 5.41) is 15.9. The number of carbonyl (C=O) groups is 3. The van der Waals surface area contributed by atoms with Crippen molar-refractivity contribution in [2.45, 2.75) is 23.7 Å². The molecule has 1 fully saturated rings. The number of imide groups is 1. The Balaban J connectivity index is 1.63. The Morgan fingerprint density at radius 3 is 2.85 bits per heavy atom. The molecule has 0 spiro atoms. The predicted octanol–water partition coefficient (Wildman–Crippen LogP) is -0.347. The van der Waals surface area contributed by atoms with Crippen molar-refractivity contribution in [3.8, 4) is 0 Å². The van der Waals surface area contributed by atoms with Crippen LogP contribution in [-0.4, -0.2) is 46.4 Å². The zero-order valence-corrected chi connectivity index (χ0v) is 12.3. The molecule has 1 saturated heterocycles. The lowest BCUT2D eigenvalue weighted by Crippen LogP contribution is -2.36. The third kappa shape index (κ3) is 4.17. The van der Waals surface area contributed by atoms with Crippen LogP contribution in [0.4, 0.5) is 4.79 Å². The molecular weight excluding hydrogens is 302 g/mol. The number of thioether (sulfide) groups is 1. The minimum absolute atomic E-state index is 0.0554. The van der Waals surface area contributed by atoms with Gasteiger partial charge in [0.1, 0.15) is 11.0 Å². The molecule has 10 heteroatoms. The van der Waals surface area contributed by atoms with Crippen molar-refractivity contribution >= 4 is 40.9 Å². The second-order valence-electron chi connectivity index (χ2n) is 4.00. The molecule has 1 aliphatic rings. The van der Waals surface area contributed by atoms with E-state index < -0.39 is 18.0 Å². The van der Waals surface area contributed by atoms with Gasteiger partial charge >= 0.3 is 6.03 Å². The lowest BCUT2D eigenvalue weighted by atomic mass is 10.2. The second kappa shape index (κ2) is 6.66. The zero-order valence-electron chi connectivity index (χ0n) is 10.6. The van der Waals surface area contributed by atoms with E-state index >= 15 is 0 Å². The largest absolute Gasteiger partial charge is 0.355 e. The lowest BCUT2D eigenvalue weighted by Gasteiger charge is -2.07. The first-order valence-corrected chi connectivity index (χ1v) is 7.66. The Hall–Kier alpha value is -1.68. The van der Waals surface area contributed by atoms with Crippen LogP contribution in [0.25, 0.3) is 0 Å². The van der Waals surface area contributed by atoms with Gasteiger partial charge in [-0.1, -0.05) is 23.1 Å². The minimum Gasteiger partial charge on any atom is -0.355 e. The molecule has 0 unspecified atom stereocenters. The summed E-state index contributed by atoms with van der Waals surface area (Å²) in [4.78, 5) is 33.7. The monoisotopic (exact) mass is 315 g/mol. The van der Waals surface area contributed by atoms with Crippen LogP contribution in [0.5, 0.6) is 0 Å². The smallest absolute Gasteiger partial charge is 0.322 e. The molecule has 3 N–H and O–H groups in total. The van der Waals surface area contributed by atoms with E-state index in [-0.39, 0.29) is 12.3 Å². The van der Waals surface area contributed by atoms with Crippen molar-refractivity contribution in [2.24, 2.45) is 0 Å². The van der Waals surface area contributed by atoms with Crippen LogP contribution < -0.4 is 16.0 Å². The van der Waals surface area contributed by atoms with Gasteiger partial charge in [-0.05, 0) is 6.92 Å². The van der Waals surface area contributed by atoms with Gasteiger partial charge in [-0.25, -0.2) is 4.79 Å². The number of aryl methyl sites for hydroxylation is 1. The molecule has 0 bridgehead atoms. The van der Waals surface area contributed by atoms with Crippen LogP contribution >= 0.6 is 23.1 Å². The molecule has 4 amide bonds. The van der Waals surface area contributed by atoms with E-state index in [1.165, 1.54) is 23.1 Å². The van der Waals surface area contributed by atoms with Crippen molar-refractivity contribution in [1.82, 2.24) is 26.1 Å². The molecule has 0 saturated carbocycles. The minimum atomic E-state index is -0.777. The summed E-state index contributed by atoms with van der Waals surface area (Å²) in [6.45, 7) is 2.34. The molecule has 1 aliphatic heterocycles. The van der Waals surface area contributed by atoms with Crippen molar-refractivity contribution in [2.75, 3.05) is 12.3 Å². The number of hydrogen-bond acceptors (Lipinski definition) is 7. The van der Waals surface area contributed by atoms with Gasteiger partial charge in [0.25, 0.3) is 5.91 Å². The molecular formula is C10H13N5O3S2. The molecule has 0 aromatic carbocycles. The first kappa shape index (κ1) is 14.7. The Kier molecular flexibility index (Phi) is 4.90. The van der Waals surface area contributed by atoms with E-state index in [9.17, 15) is 14.4 Å². The average molecular weight is 315 g/mol. The standard InChI is InChI=1S/C10H13N5O3S2/c1-5-14-15-10(20-5)19-3-2-11-7(16)4-6-8(17)13-9(18)12-6/h6H,2-4H2,1H3,(H,11,16)(H2,12,13,17,18)/t6-/m0/s1. The summed E-state index contributed by atoms with van der Waals surface area (Å²) in [5.41, 5.74) is 0. The number of amides is 4. The summed E-state index contributed by atoms with van der Waals surface area (Å²) in [7, 11) is 0. The molecule has 1 aromatic heterocycles. The van der Waals surface area contributed by atoms with Crippen molar-refractivity contribution < 1.29 is 14.4 Å². The van der Waals surface area contributed by atoms with Crippen LogP contribution in [0.1, 0.15) is 11.4 Å². The summed E-state index contributed by atoms with van der Waals surface area (Å²) in [6.07, 6.45) is -0.0554. The second-order valence-corrected chi connectivity index (χ2v) is 6.53. The Bertz CT molecular complexity index is 533. The summed E-state index contributed by atoms with van der Waals surface area (Å²) >= 11 is 3.01. The molecule has 8 nitrogen and oxygen atoms in total. The van der Waals surface area contributed by atoms with Gasteiger partial charge in [0.2, 0.25) is 5.91 Å². The number of aromatic nitrogens is 2. The summed E-state index contributed by atoms with van der Waals surface area (Å²) in [6, 6.07) is -1.34. The molecule has 0 radical (unpaired) electrons. The van der Waals surface area contributed by atoms with Gasteiger partial charge in [0, 0.05) is 12.3 Å². The fraction of sp³-hybridized carbons (Fsp3) is 0.500. The van der Waals surface area contributed by atoms with Crippen LogP contribution in [0.15, 0.2) is 4.34 Å². The molecule has 2 heterocycles. The number of rotatable bonds is 6. The Morgan fingerprint density at radius 1 is 1.45 bits per heavy atom. The predicted molar refractivity (Wildman–Crippen MR) is 73.5 cm³/mol. The summed E-state index contributed by atoms with van der Waals surface area (Å²) in [5.74, 6) is -0.0749. The lowest BCUT2D eigenvalue weighted by molar-refractivity contribution is -0.126. The summed E-state index contributed by atoms with van der Waals surface area (Å²) < 4.78 is 0.860. The highest BCUT2D eigenvalue weighted by Crippen LogP contribution is 2.20. The third-order valence-corrected chi connectivity index (χ3v) is 4.38. The number of nitrogens with one attached hydrogen (secondary N) is 3. The highest BCUT2D eigenvalue weighted by atomic mass is 32.2. The van der Waals surface area contributed by atoms with E-state index in [2.05, 4.69) is 26.1 Å². The van der Waals surface area contributed by atoms with E-state index in [4.69, 9.17) is 0 Å². The maximum absolute atomic E-state index is 11.6. The molecule has 20 heavy (non-hydrogen) atoms. The molecule has 108 valence electrons. The fourth-order valence-electron chi connectivity index (χ4n) is 1.53. The highest BCUT2D eigenvalue weighted by molar-refractivity contribution is 8.01. The van der Waals surface area contributed by atoms with Gasteiger partial charge in [-0.2, -0.15) is 0 Å². The highest BCUT2D eigenvalue weighted by Gasteiger charge is 2.30. The van der Waals surface area contributed by atoms with Crippen molar-refractivity contribution in [3.05, 3.63) is 5.01 Å². The Labute approximate surface area is 123 Å². The molecule has 0 aliphatic carbocycles. The number of urea groups is 1. The number of nitrogens with zero attached hydrogens (tertiary/aromatic N) is 2. The van der Waals surface area contributed by atoms with Gasteiger partial charge in [0.15, 0.2) is 4.34 Å². The molecule has 1 atom stereocenters. The van der Waals surface area contributed by atoms with Crippen LogP contribution in [-0.2, 0) is 9.59 Å². The SMILES string of the molecule is Cc1nnc(SCCNC(=O)C[C@@H]2NC(=O)NC2=O)s1. The zero-order chi connectivity index (χ0) is 14.5. The topological polar surface area (TPSA) is 113 Å². The van der Waals surface area contributed by atoms with Crippen LogP contribution in [0.3, 0.4) is 0 Å². The van der Waals surface area contributed by atoms with Crippen LogP contribution in [0, 0.1) is 6.92 Å². The van der Waals surface area contributed by atoms with Gasteiger partial charge in [-0.15, -0.1) is 10.2 Å². The van der Waals surface area contributed by atoms with Crippen molar-refractivity contribution in [1.29, 1.82) is 0 Å². The molecule has 2 rings (SSSR count). The van der Waals surface area contributed by atoms with Crippen LogP contribution in [0.2, 0.25) is 0 Å². The fourth-order valence-corrected chi connectivity index (χ4v) is 3.27. The van der Waals surface area contributed by atoms with Gasteiger partial charge in [0.05, 0.1) is 6.42 Å². The van der Waals surface area contributed by atoms with E-state index in [0.29, 0.717) is 12.3 Å². The molecule has 1 aromatic rings. The third-order valence-electron chi connectivity index (χ3n) is 2.41.